The molecule has 0 N–H and O–H groups in total. The number of esters is 3. The molecule has 6 aromatic rings. The average molecular weight is 1450 g/mol. The van der Waals surface area contributed by atoms with Gasteiger partial charge in [0.05, 0.1) is 21.3 Å². The number of carbonyl (C=O) groups excluding carboxylic acids is 3. The van der Waals surface area contributed by atoms with Crippen LogP contribution < -0.4 is 28.4 Å². The second-order valence-electron chi connectivity index (χ2n) is 28.5. The van der Waals surface area contributed by atoms with Crippen LogP contribution in [0.15, 0.2) is 146 Å². The minimum atomic E-state index is -0.295. The summed E-state index contributed by atoms with van der Waals surface area (Å²) in [6.07, 6.45) is 30.9. The summed E-state index contributed by atoms with van der Waals surface area (Å²) in [6.45, 7) is 9.63. The molecule has 6 rings (SSSR count). The standard InChI is InChI=1S/3C30H45NO4/c3*1-5-6-7-8-9-10-11-16-30(32)35-28(23-31(2)3)24-34-29-15-13-12-14-26(29)20-17-25-18-21-27(33-4)22-19-25/h3*12-15,18-19,21-22,28H,5-11,16-17,20,23-24H2,1-4H3/t2*28-;/m10./s1. The van der Waals surface area contributed by atoms with E-state index in [0.717, 1.165) is 128 Å². The lowest BCUT2D eigenvalue weighted by molar-refractivity contribution is -0.152. The van der Waals surface area contributed by atoms with Crippen molar-refractivity contribution in [2.24, 2.45) is 0 Å². The molecule has 582 valence electrons. The molecule has 3 atom stereocenters. The molecule has 0 bridgehead atoms. The first-order chi connectivity index (χ1) is 51.0. The molecule has 0 heterocycles. The van der Waals surface area contributed by atoms with Crippen LogP contribution in [0.4, 0.5) is 0 Å². The van der Waals surface area contributed by atoms with E-state index in [9.17, 15) is 14.4 Å². The fraction of sp³-hybridized carbons (Fsp3) is 0.567. The van der Waals surface area contributed by atoms with E-state index in [1.54, 1.807) is 21.3 Å². The molecule has 0 aliphatic rings. The van der Waals surface area contributed by atoms with Crippen LogP contribution in [0, 0.1) is 0 Å². The largest absolute Gasteiger partial charge is 0.497 e. The Morgan fingerprint density at radius 2 is 0.524 bits per heavy atom. The van der Waals surface area contributed by atoms with Gasteiger partial charge < -0.3 is 57.3 Å². The van der Waals surface area contributed by atoms with Crippen molar-refractivity contribution in [3.63, 3.8) is 0 Å². The van der Waals surface area contributed by atoms with Crippen LogP contribution in [-0.2, 0) is 67.1 Å². The minimum absolute atomic E-state index is 0.123. The summed E-state index contributed by atoms with van der Waals surface area (Å²) >= 11 is 0. The number of para-hydroxylation sites is 3. The molecular weight excluding hydrogens is 1310 g/mol. The molecule has 0 aliphatic carbocycles. The third-order valence-electron chi connectivity index (χ3n) is 18.3. The number of carbonyl (C=O) groups is 3. The molecule has 0 saturated carbocycles. The number of nitrogens with zero attached hydrogens (tertiary/aromatic N) is 3. The van der Waals surface area contributed by atoms with Crippen LogP contribution in [0.2, 0.25) is 0 Å². The molecule has 6 aromatic carbocycles. The summed E-state index contributed by atoms with van der Waals surface area (Å²) < 4.78 is 51.7. The van der Waals surface area contributed by atoms with E-state index in [1.165, 1.54) is 113 Å². The highest BCUT2D eigenvalue weighted by molar-refractivity contribution is 5.70. The Morgan fingerprint density at radius 3 is 0.752 bits per heavy atom. The summed E-state index contributed by atoms with van der Waals surface area (Å²) in [4.78, 5) is 43.4. The zero-order chi connectivity index (χ0) is 75.9. The second-order valence-corrected chi connectivity index (χ2v) is 28.5. The average Bonchev–Trinajstić information content (AvgIpc) is 0.900. The first-order valence-electron chi connectivity index (χ1n) is 39.6. The smallest absolute Gasteiger partial charge is 0.306 e. The first kappa shape index (κ1) is 89.8. The SMILES string of the molecule is CCCCCCCCCC(=O)OC(COc1ccccc1CCc1ccc(OC)cc1)CN(C)C.CCCCCCCCCC(=O)O[C@@H](COc1ccccc1CCc1ccc(OC)cc1)CN(C)C.CCCCCCCCCC(=O)O[C@H](COc1ccccc1CCc1ccc(OC)cc1)CN(C)C. The van der Waals surface area contributed by atoms with Gasteiger partial charge in [-0.3, -0.25) is 14.4 Å². The Labute approximate surface area is 634 Å². The number of unbranched alkanes of at least 4 members (excludes halogenated alkanes) is 18. The molecule has 15 heteroatoms. The van der Waals surface area contributed by atoms with Crippen LogP contribution in [-0.4, -0.2) is 154 Å². The predicted octanol–water partition coefficient (Wildman–Crippen LogP) is 19.4. The van der Waals surface area contributed by atoms with Crippen LogP contribution in [0.5, 0.6) is 34.5 Å². The number of hydrogen-bond donors (Lipinski definition) is 0. The van der Waals surface area contributed by atoms with Crippen LogP contribution >= 0.6 is 0 Å². The Bertz CT molecular complexity index is 2840. The number of hydrogen-bond acceptors (Lipinski definition) is 15. The van der Waals surface area contributed by atoms with Crippen molar-refractivity contribution >= 4 is 17.9 Å². The number of aryl methyl sites for hydroxylation is 6. The molecule has 0 aromatic heterocycles. The van der Waals surface area contributed by atoms with Crippen molar-refractivity contribution in [1.82, 2.24) is 14.7 Å². The first-order valence-corrected chi connectivity index (χ1v) is 39.6. The van der Waals surface area contributed by atoms with Crippen LogP contribution in [0.3, 0.4) is 0 Å². The number of methoxy groups -OCH3 is 3. The Hall–Kier alpha value is -7.59. The van der Waals surface area contributed by atoms with Gasteiger partial charge in [0, 0.05) is 38.9 Å². The van der Waals surface area contributed by atoms with Gasteiger partial charge in [0.15, 0.2) is 0 Å². The van der Waals surface area contributed by atoms with E-state index < -0.39 is 0 Å². The Kier molecular flexibility index (Phi) is 48.5. The number of ether oxygens (including phenoxy) is 9. The van der Waals surface area contributed by atoms with Crippen molar-refractivity contribution in [3.05, 3.63) is 179 Å². The summed E-state index contributed by atoms with van der Waals surface area (Å²) in [5, 5.41) is 0. The molecule has 0 aliphatic heterocycles. The van der Waals surface area contributed by atoms with Crippen molar-refractivity contribution in [2.75, 3.05) is 103 Å². The maximum atomic E-state index is 12.4. The summed E-state index contributed by atoms with van der Waals surface area (Å²) in [5.41, 5.74) is 7.23. The highest BCUT2D eigenvalue weighted by atomic mass is 16.6. The van der Waals surface area contributed by atoms with Gasteiger partial charge in [0.2, 0.25) is 0 Å². The van der Waals surface area contributed by atoms with Crippen molar-refractivity contribution in [3.8, 4) is 34.5 Å². The van der Waals surface area contributed by atoms with Gasteiger partial charge in [-0.05, 0) is 188 Å². The van der Waals surface area contributed by atoms with E-state index >= 15 is 0 Å². The lowest BCUT2D eigenvalue weighted by atomic mass is 10.0. The molecule has 1 unspecified atom stereocenters. The zero-order valence-electron chi connectivity index (χ0n) is 66.8. The maximum Gasteiger partial charge on any atom is 0.306 e. The topological polar surface area (TPSA) is 144 Å². The maximum absolute atomic E-state index is 12.4. The molecule has 0 saturated heterocycles. The molecule has 0 amide bonds. The quantitative estimate of drug-likeness (QED) is 0.0203. The van der Waals surface area contributed by atoms with E-state index in [2.05, 4.69) is 75.4 Å². The highest BCUT2D eigenvalue weighted by Gasteiger charge is 2.21. The number of benzene rings is 6. The van der Waals surface area contributed by atoms with Crippen molar-refractivity contribution in [1.29, 1.82) is 0 Å². The number of likely N-dealkylation sites (N-methyl/N-ethyl adjacent to an activating group) is 3. The van der Waals surface area contributed by atoms with Crippen molar-refractivity contribution < 1.29 is 57.0 Å². The van der Waals surface area contributed by atoms with Gasteiger partial charge in [-0.15, -0.1) is 0 Å². The minimum Gasteiger partial charge on any atom is -0.497 e. The number of rotatable bonds is 54. The van der Waals surface area contributed by atoms with Gasteiger partial charge in [0.1, 0.15) is 72.6 Å². The lowest BCUT2D eigenvalue weighted by Gasteiger charge is -2.22. The van der Waals surface area contributed by atoms with Crippen LogP contribution in [0.25, 0.3) is 0 Å². The molecule has 0 spiro atoms. The summed E-state index contributed by atoms with van der Waals surface area (Å²) in [6, 6.07) is 48.9. The second kappa shape index (κ2) is 56.7. The fourth-order valence-corrected chi connectivity index (χ4v) is 12.3. The Balaban J connectivity index is 0.000000333. The predicted molar refractivity (Wildman–Crippen MR) is 430 cm³/mol. The van der Waals surface area contributed by atoms with Gasteiger partial charge in [-0.2, -0.15) is 0 Å². The highest BCUT2D eigenvalue weighted by Crippen LogP contribution is 2.26. The molecule has 0 radical (unpaired) electrons. The molecule has 105 heavy (non-hydrogen) atoms. The van der Waals surface area contributed by atoms with E-state index in [-0.39, 0.29) is 36.2 Å². The van der Waals surface area contributed by atoms with Gasteiger partial charge in [-0.1, -0.05) is 227 Å². The van der Waals surface area contributed by atoms with E-state index in [1.807, 2.05) is 148 Å². The van der Waals surface area contributed by atoms with Crippen LogP contribution in [0.1, 0.15) is 208 Å². The summed E-state index contributed by atoms with van der Waals surface area (Å²) in [5.74, 6) is 4.79. The normalized spacial score (nSPS) is 11.9. The van der Waals surface area contributed by atoms with Gasteiger partial charge in [0.25, 0.3) is 0 Å². The lowest BCUT2D eigenvalue weighted by Crippen LogP contribution is -2.35. The third kappa shape index (κ3) is 42.4. The fourth-order valence-electron chi connectivity index (χ4n) is 12.3. The van der Waals surface area contributed by atoms with E-state index in [4.69, 9.17) is 42.6 Å². The van der Waals surface area contributed by atoms with E-state index in [0.29, 0.717) is 58.7 Å². The van der Waals surface area contributed by atoms with Gasteiger partial charge in [-0.25, -0.2) is 0 Å². The Morgan fingerprint density at radius 1 is 0.295 bits per heavy atom. The molecular formula is C90H135N3O12. The third-order valence-corrected chi connectivity index (χ3v) is 18.3. The molecule has 0 fully saturated rings. The monoisotopic (exact) mass is 1450 g/mol. The van der Waals surface area contributed by atoms with Crippen molar-refractivity contribution in [2.45, 2.75) is 232 Å². The molecule has 15 nitrogen and oxygen atoms in total. The van der Waals surface area contributed by atoms with Gasteiger partial charge >= 0.3 is 17.9 Å². The summed E-state index contributed by atoms with van der Waals surface area (Å²) in [7, 11) is 17.0. The zero-order valence-corrected chi connectivity index (χ0v) is 66.8.